The van der Waals surface area contributed by atoms with E-state index in [1.54, 1.807) is 0 Å². The van der Waals surface area contributed by atoms with Crippen molar-refractivity contribution in [3.63, 3.8) is 0 Å². The first-order chi connectivity index (χ1) is 6.84. The van der Waals surface area contributed by atoms with Crippen LogP contribution in [0.15, 0.2) is 0 Å². The molecule has 1 rings (SSSR count). The van der Waals surface area contributed by atoms with Crippen molar-refractivity contribution >= 4 is 17.7 Å². The SMILES string of the molecule is CCSCCNCCNC(=O)C1CC1. The molecule has 0 bridgehead atoms. The van der Waals surface area contributed by atoms with Crippen LogP contribution < -0.4 is 10.6 Å². The summed E-state index contributed by atoms with van der Waals surface area (Å²) < 4.78 is 0. The van der Waals surface area contributed by atoms with E-state index in [9.17, 15) is 4.79 Å². The van der Waals surface area contributed by atoms with E-state index in [4.69, 9.17) is 0 Å². The van der Waals surface area contributed by atoms with Gasteiger partial charge in [0.25, 0.3) is 0 Å². The van der Waals surface area contributed by atoms with Crippen molar-refractivity contribution < 1.29 is 4.79 Å². The molecule has 3 nitrogen and oxygen atoms in total. The second-order valence-electron chi connectivity index (χ2n) is 3.51. The first kappa shape index (κ1) is 11.9. The fraction of sp³-hybridized carbons (Fsp3) is 0.900. The van der Waals surface area contributed by atoms with E-state index in [0.717, 1.165) is 38.2 Å². The Morgan fingerprint density at radius 2 is 2.14 bits per heavy atom. The molecule has 0 aromatic heterocycles. The third kappa shape index (κ3) is 5.50. The number of hydrogen-bond donors (Lipinski definition) is 2. The van der Waals surface area contributed by atoms with Crippen LogP contribution in [-0.4, -0.2) is 37.0 Å². The van der Waals surface area contributed by atoms with Gasteiger partial charge >= 0.3 is 0 Å². The first-order valence-electron chi connectivity index (χ1n) is 5.40. The van der Waals surface area contributed by atoms with Gasteiger partial charge in [-0.15, -0.1) is 0 Å². The number of hydrogen-bond acceptors (Lipinski definition) is 3. The first-order valence-corrected chi connectivity index (χ1v) is 6.56. The fourth-order valence-corrected chi connectivity index (χ4v) is 1.75. The minimum Gasteiger partial charge on any atom is -0.355 e. The summed E-state index contributed by atoms with van der Waals surface area (Å²) in [5, 5.41) is 6.23. The van der Waals surface area contributed by atoms with E-state index < -0.39 is 0 Å². The molecule has 4 heteroatoms. The van der Waals surface area contributed by atoms with Gasteiger partial charge in [-0.2, -0.15) is 11.8 Å². The summed E-state index contributed by atoms with van der Waals surface area (Å²) in [6, 6.07) is 0. The Hall–Kier alpha value is -0.220. The predicted octanol–water partition coefficient (Wildman–Crippen LogP) is 0.855. The lowest BCUT2D eigenvalue weighted by Gasteiger charge is -2.05. The molecule has 1 fully saturated rings. The number of carbonyl (C=O) groups is 1. The molecule has 1 amide bonds. The topological polar surface area (TPSA) is 41.1 Å². The highest BCUT2D eigenvalue weighted by atomic mass is 32.2. The highest BCUT2D eigenvalue weighted by molar-refractivity contribution is 7.99. The van der Waals surface area contributed by atoms with E-state index >= 15 is 0 Å². The maximum absolute atomic E-state index is 11.2. The molecule has 0 aromatic rings. The lowest BCUT2D eigenvalue weighted by molar-refractivity contribution is -0.122. The molecule has 82 valence electrons. The van der Waals surface area contributed by atoms with Gasteiger partial charge in [-0.1, -0.05) is 6.92 Å². The lowest BCUT2D eigenvalue weighted by atomic mass is 10.4. The van der Waals surface area contributed by atoms with E-state index in [-0.39, 0.29) is 5.91 Å². The molecule has 0 radical (unpaired) electrons. The van der Waals surface area contributed by atoms with E-state index in [2.05, 4.69) is 17.6 Å². The normalized spacial score (nSPS) is 15.5. The van der Waals surface area contributed by atoms with Gasteiger partial charge in [-0.05, 0) is 18.6 Å². The van der Waals surface area contributed by atoms with E-state index in [1.807, 2.05) is 11.8 Å². The molecule has 0 saturated heterocycles. The molecule has 0 heterocycles. The van der Waals surface area contributed by atoms with Gasteiger partial charge in [0.15, 0.2) is 0 Å². The van der Waals surface area contributed by atoms with Crippen molar-refractivity contribution in [2.45, 2.75) is 19.8 Å². The highest BCUT2D eigenvalue weighted by Gasteiger charge is 2.28. The molecule has 14 heavy (non-hydrogen) atoms. The van der Waals surface area contributed by atoms with Crippen LogP contribution >= 0.6 is 11.8 Å². The molecule has 0 aromatic carbocycles. The number of thioether (sulfide) groups is 1. The van der Waals surface area contributed by atoms with Crippen LogP contribution in [-0.2, 0) is 4.79 Å². The Morgan fingerprint density at radius 3 is 2.79 bits per heavy atom. The molecule has 0 atom stereocenters. The zero-order chi connectivity index (χ0) is 10.2. The molecule has 0 spiro atoms. The number of amides is 1. The second kappa shape index (κ2) is 7.12. The minimum atomic E-state index is 0.245. The molecular weight excluding hydrogens is 196 g/mol. The average Bonchev–Trinajstić information content (AvgIpc) is 2.99. The third-order valence-electron chi connectivity index (χ3n) is 2.18. The number of rotatable bonds is 8. The molecule has 0 aliphatic heterocycles. The third-order valence-corrected chi connectivity index (χ3v) is 3.08. The van der Waals surface area contributed by atoms with Crippen molar-refractivity contribution in [2.24, 2.45) is 5.92 Å². The summed E-state index contributed by atoms with van der Waals surface area (Å²) in [5.41, 5.74) is 0. The van der Waals surface area contributed by atoms with Gasteiger partial charge in [0.2, 0.25) is 5.91 Å². The molecule has 0 unspecified atom stereocenters. The highest BCUT2D eigenvalue weighted by Crippen LogP contribution is 2.28. The average molecular weight is 216 g/mol. The Labute approximate surface area is 90.4 Å². The maximum Gasteiger partial charge on any atom is 0.223 e. The van der Waals surface area contributed by atoms with Crippen molar-refractivity contribution in [1.82, 2.24) is 10.6 Å². The molecule has 1 aliphatic carbocycles. The Kier molecular flexibility index (Phi) is 6.03. The molecule has 1 aliphatic rings. The van der Waals surface area contributed by atoms with Gasteiger partial charge in [-0.25, -0.2) is 0 Å². The summed E-state index contributed by atoms with van der Waals surface area (Å²) in [5.74, 6) is 2.92. The standard InChI is InChI=1S/C10H20N2OS/c1-2-14-8-7-11-5-6-12-10(13)9-3-4-9/h9,11H,2-8H2,1H3,(H,12,13). The van der Waals surface area contributed by atoms with Gasteiger partial charge in [0.1, 0.15) is 0 Å². The summed E-state index contributed by atoms with van der Waals surface area (Å²) >= 11 is 1.94. The molecule has 1 saturated carbocycles. The van der Waals surface area contributed by atoms with Gasteiger partial charge < -0.3 is 10.6 Å². The fourth-order valence-electron chi connectivity index (χ4n) is 1.18. The summed E-state index contributed by atoms with van der Waals surface area (Å²) in [6.45, 7) is 4.87. The van der Waals surface area contributed by atoms with Gasteiger partial charge in [0, 0.05) is 31.3 Å². The van der Waals surface area contributed by atoms with E-state index in [1.165, 1.54) is 5.75 Å². The van der Waals surface area contributed by atoms with Gasteiger partial charge in [-0.3, -0.25) is 4.79 Å². The Morgan fingerprint density at radius 1 is 1.36 bits per heavy atom. The lowest BCUT2D eigenvalue weighted by Crippen LogP contribution is -2.33. The predicted molar refractivity (Wildman–Crippen MR) is 61.6 cm³/mol. The smallest absolute Gasteiger partial charge is 0.223 e. The van der Waals surface area contributed by atoms with Crippen LogP contribution in [0.1, 0.15) is 19.8 Å². The van der Waals surface area contributed by atoms with Crippen LogP contribution in [0.4, 0.5) is 0 Å². The quantitative estimate of drug-likeness (QED) is 0.591. The number of nitrogens with one attached hydrogen (secondary N) is 2. The molecule has 2 N–H and O–H groups in total. The van der Waals surface area contributed by atoms with Crippen LogP contribution in [0.25, 0.3) is 0 Å². The molecular formula is C10H20N2OS. The van der Waals surface area contributed by atoms with E-state index in [0.29, 0.717) is 5.92 Å². The Balaban J connectivity index is 1.77. The summed E-state index contributed by atoms with van der Waals surface area (Å²) in [4.78, 5) is 11.2. The van der Waals surface area contributed by atoms with Crippen LogP contribution in [0.2, 0.25) is 0 Å². The zero-order valence-electron chi connectivity index (χ0n) is 8.84. The van der Waals surface area contributed by atoms with Crippen LogP contribution in [0.3, 0.4) is 0 Å². The maximum atomic E-state index is 11.2. The van der Waals surface area contributed by atoms with Crippen molar-refractivity contribution in [2.75, 3.05) is 31.1 Å². The van der Waals surface area contributed by atoms with Crippen LogP contribution in [0.5, 0.6) is 0 Å². The van der Waals surface area contributed by atoms with Crippen molar-refractivity contribution in [3.8, 4) is 0 Å². The summed E-state index contributed by atoms with van der Waals surface area (Å²) in [7, 11) is 0. The van der Waals surface area contributed by atoms with Crippen molar-refractivity contribution in [1.29, 1.82) is 0 Å². The van der Waals surface area contributed by atoms with Gasteiger partial charge in [0.05, 0.1) is 0 Å². The monoisotopic (exact) mass is 216 g/mol. The van der Waals surface area contributed by atoms with Crippen molar-refractivity contribution in [3.05, 3.63) is 0 Å². The number of carbonyl (C=O) groups excluding carboxylic acids is 1. The van der Waals surface area contributed by atoms with Crippen LogP contribution in [0, 0.1) is 5.92 Å². The zero-order valence-corrected chi connectivity index (χ0v) is 9.66. The Bertz CT molecular complexity index is 172. The summed E-state index contributed by atoms with van der Waals surface area (Å²) in [6.07, 6.45) is 2.18. The minimum absolute atomic E-state index is 0.245. The largest absolute Gasteiger partial charge is 0.355 e. The second-order valence-corrected chi connectivity index (χ2v) is 4.91.